The minimum Gasteiger partial charge on any atom is -0.484 e. The highest BCUT2D eigenvalue weighted by atomic mass is 19.1. The number of hydrogen-bond acceptors (Lipinski definition) is 3. The normalized spacial score (nSPS) is 24.2. The summed E-state index contributed by atoms with van der Waals surface area (Å²) in [6.07, 6.45) is 5.69. The van der Waals surface area contributed by atoms with Crippen LogP contribution < -0.4 is 4.74 Å². The summed E-state index contributed by atoms with van der Waals surface area (Å²) < 4.78 is 39.2. The van der Waals surface area contributed by atoms with E-state index in [1.54, 1.807) is 0 Å². The number of carbonyl (C=O) groups excluding carboxylic acids is 1. The lowest BCUT2D eigenvalue weighted by Crippen LogP contribution is -2.41. The van der Waals surface area contributed by atoms with Gasteiger partial charge < -0.3 is 9.47 Å². The second kappa shape index (κ2) is 5.72. The first-order valence-electron chi connectivity index (χ1n) is 7.37. The van der Waals surface area contributed by atoms with Crippen LogP contribution in [0, 0.1) is 11.6 Å². The Labute approximate surface area is 122 Å². The van der Waals surface area contributed by atoms with E-state index >= 15 is 0 Å². The summed E-state index contributed by atoms with van der Waals surface area (Å²) in [4.78, 5) is 10.6. The molecule has 5 heteroatoms. The molecule has 1 aromatic carbocycles. The summed E-state index contributed by atoms with van der Waals surface area (Å²) in [5.74, 6) is -2.05. The number of halogens is 2. The summed E-state index contributed by atoms with van der Waals surface area (Å²) in [5.41, 5.74) is -0.199. The topological polar surface area (TPSA) is 35.5 Å². The van der Waals surface area contributed by atoms with E-state index in [9.17, 15) is 13.6 Å². The Balaban J connectivity index is 1.75. The Morgan fingerprint density at radius 2 is 1.90 bits per heavy atom. The maximum atomic E-state index is 13.9. The van der Waals surface area contributed by atoms with E-state index in [4.69, 9.17) is 9.47 Å². The lowest BCUT2D eigenvalue weighted by molar-refractivity contribution is -0.109. The second-order valence-corrected chi connectivity index (χ2v) is 5.90. The quantitative estimate of drug-likeness (QED) is 0.799. The number of hydrogen-bond donors (Lipinski definition) is 0. The molecule has 1 saturated heterocycles. The average molecular weight is 296 g/mol. The highest BCUT2D eigenvalue weighted by Crippen LogP contribution is 2.41. The van der Waals surface area contributed by atoms with Crippen molar-refractivity contribution in [2.24, 2.45) is 0 Å². The average Bonchev–Trinajstić information content (AvgIpc) is 2.90. The van der Waals surface area contributed by atoms with Gasteiger partial charge in [0.25, 0.3) is 0 Å². The molecule has 1 unspecified atom stereocenters. The zero-order valence-corrected chi connectivity index (χ0v) is 11.7. The Hall–Kier alpha value is -1.49. The van der Waals surface area contributed by atoms with E-state index in [1.807, 2.05) is 0 Å². The van der Waals surface area contributed by atoms with Gasteiger partial charge in [-0.3, -0.25) is 4.79 Å². The summed E-state index contributed by atoms with van der Waals surface area (Å²) in [7, 11) is 0. The van der Waals surface area contributed by atoms with Crippen LogP contribution in [0.2, 0.25) is 0 Å². The predicted molar refractivity (Wildman–Crippen MR) is 72.5 cm³/mol. The maximum absolute atomic E-state index is 13.9. The maximum Gasteiger partial charge on any atom is 0.191 e. The minimum absolute atomic E-state index is 0.0309. The van der Waals surface area contributed by atoms with Crippen LogP contribution in [0.5, 0.6) is 5.75 Å². The molecule has 3 rings (SSSR count). The highest BCUT2D eigenvalue weighted by molar-refractivity contribution is 5.75. The molecule has 0 radical (unpaired) electrons. The fourth-order valence-corrected chi connectivity index (χ4v) is 3.38. The van der Waals surface area contributed by atoms with Gasteiger partial charge in [0.15, 0.2) is 17.4 Å². The van der Waals surface area contributed by atoms with Crippen LogP contribution in [0.3, 0.4) is 0 Å². The number of rotatable bonds is 3. The smallest absolute Gasteiger partial charge is 0.191 e. The first kappa shape index (κ1) is 14.4. The SMILES string of the molecule is O=Cc1cc(F)c(OC2CCOC3(CCCC3)C2)c(F)c1. The molecule has 3 nitrogen and oxygen atoms in total. The lowest BCUT2D eigenvalue weighted by atomic mass is 9.90. The third-order valence-electron chi connectivity index (χ3n) is 4.40. The van der Waals surface area contributed by atoms with Gasteiger partial charge in [0.05, 0.1) is 12.2 Å². The van der Waals surface area contributed by atoms with Gasteiger partial charge >= 0.3 is 0 Å². The van der Waals surface area contributed by atoms with Gasteiger partial charge in [0.2, 0.25) is 0 Å². The first-order chi connectivity index (χ1) is 10.1. The third-order valence-corrected chi connectivity index (χ3v) is 4.40. The molecule has 1 spiro atoms. The minimum atomic E-state index is -0.830. The number of ether oxygens (including phenoxy) is 2. The molecule has 21 heavy (non-hydrogen) atoms. The molecule has 114 valence electrons. The van der Waals surface area contributed by atoms with Crippen LogP contribution in [-0.4, -0.2) is 24.6 Å². The van der Waals surface area contributed by atoms with E-state index in [2.05, 4.69) is 0 Å². The monoisotopic (exact) mass is 296 g/mol. The van der Waals surface area contributed by atoms with Crippen molar-refractivity contribution in [3.05, 3.63) is 29.3 Å². The standard InChI is InChI=1S/C16H18F2O3/c17-13-7-11(10-19)8-14(18)15(13)21-12-3-6-20-16(9-12)4-1-2-5-16/h7-8,10,12H,1-6,9H2. The summed E-state index contributed by atoms with van der Waals surface area (Å²) >= 11 is 0. The molecule has 1 heterocycles. The van der Waals surface area contributed by atoms with Gasteiger partial charge in [0, 0.05) is 18.4 Å². The molecular weight excluding hydrogens is 278 g/mol. The van der Waals surface area contributed by atoms with E-state index < -0.39 is 11.6 Å². The summed E-state index contributed by atoms with van der Waals surface area (Å²) in [6.45, 7) is 0.556. The molecule has 1 aliphatic carbocycles. The van der Waals surface area contributed by atoms with Crippen LogP contribution in [0.15, 0.2) is 12.1 Å². The van der Waals surface area contributed by atoms with Crippen LogP contribution in [-0.2, 0) is 4.74 Å². The van der Waals surface area contributed by atoms with Crippen molar-refractivity contribution < 1.29 is 23.0 Å². The fraction of sp³-hybridized carbons (Fsp3) is 0.562. The Kier molecular flexibility index (Phi) is 3.93. The highest BCUT2D eigenvalue weighted by Gasteiger charge is 2.41. The van der Waals surface area contributed by atoms with Gasteiger partial charge in [0.1, 0.15) is 12.4 Å². The van der Waals surface area contributed by atoms with Crippen LogP contribution in [0.1, 0.15) is 48.9 Å². The van der Waals surface area contributed by atoms with E-state index in [0.717, 1.165) is 37.8 Å². The predicted octanol–water partition coefficient (Wildman–Crippen LogP) is 3.65. The van der Waals surface area contributed by atoms with E-state index in [-0.39, 0.29) is 23.0 Å². The van der Waals surface area contributed by atoms with Gasteiger partial charge in [-0.15, -0.1) is 0 Å². The second-order valence-electron chi connectivity index (χ2n) is 5.90. The van der Waals surface area contributed by atoms with Crippen LogP contribution in [0.25, 0.3) is 0 Å². The van der Waals surface area contributed by atoms with Gasteiger partial charge in [-0.1, -0.05) is 12.8 Å². The first-order valence-corrected chi connectivity index (χ1v) is 7.37. The van der Waals surface area contributed by atoms with Crippen molar-refractivity contribution in [3.8, 4) is 5.75 Å². The molecule has 1 atom stereocenters. The molecule has 0 N–H and O–H groups in total. The fourth-order valence-electron chi connectivity index (χ4n) is 3.38. The Morgan fingerprint density at radius 3 is 2.52 bits per heavy atom. The van der Waals surface area contributed by atoms with Crippen LogP contribution >= 0.6 is 0 Å². The largest absolute Gasteiger partial charge is 0.484 e. The van der Waals surface area contributed by atoms with E-state index in [0.29, 0.717) is 25.7 Å². The molecule has 1 saturated carbocycles. The zero-order valence-electron chi connectivity index (χ0n) is 11.7. The van der Waals surface area contributed by atoms with Crippen molar-refractivity contribution in [3.63, 3.8) is 0 Å². The Bertz CT molecular complexity index is 515. The molecular formula is C16H18F2O3. The summed E-state index contributed by atoms with van der Waals surface area (Å²) in [5, 5.41) is 0. The van der Waals surface area contributed by atoms with Crippen molar-refractivity contribution in [2.75, 3.05) is 6.61 Å². The molecule has 1 aromatic rings. The zero-order chi connectivity index (χ0) is 14.9. The van der Waals surface area contributed by atoms with Gasteiger partial charge in [-0.05, 0) is 25.0 Å². The van der Waals surface area contributed by atoms with Crippen molar-refractivity contribution in [1.29, 1.82) is 0 Å². The van der Waals surface area contributed by atoms with Crippen molar-refractivity contribution in [1.82, 2.24) is 0 Å². The number of benzene rings is 1. The van der Waals surface area contributed by atoms with Crippen LogP contribution in [0.4, 0.5) is 8.78 Å². The third kappa shape index (κ3) is 2.93. The Morgan fingerprint density at radius 1 is 1.24 bits per heavy atom. The van der Waals surface area contributed by atoms with Crippen molar-refractivity contribution >= 4 is 6.29 Å². The van der Waals surface area contributed by atoms with Gasteiger partial charge in [-0.2, -0.15) is 0 Å². The molecule has 2 fully saturated rings. The molecule has 0 amide bonds. The molecule has 1 aliphatic heterocycles. The lowest BCUT2D eigenvalue weighted by Gasteiger charge is -2.38. The van der Waals surface area contributed by atoms with E-state index in [1.165, 1.54) is 0 Å². The summed E-state index contributed by atoms with van der Waals surface area (Å²) in [6, 6.07) is 1.99. The van der Waals surface area contributed by atoms with Gasteiger partial charge in [-0.25, -0.2) is 8.78 Å². The molecule has 0 bridgehead atoms. The molecule has 2 aliphatic rings. The molecule has 0 aromatic heterocycles. The number of carbonyl (C=O) groups is 1. The number of aldehydes is 1. The van der Waals surface area contributed by atoms with Crippen molar-refractivity contribution in [2.45, 2.75) is 50.2 Å².